The molecule has 1 unspecified atom stereocenters. The zero-order chi connectivity index (χ0) is 20.3. The minimum Gasteiger partial charge on any atom is -0.368 e. The standard InChI is InChI=1S/C22H31F2N3O/c1-4-19-9-10-25(16-22(19,23)24)15-21(28)27-13-11-26(12-14-27)20-7-5-18(6-8-20)17(2)3/h5-8,19H,2,4,9-16H2,1,3H3. The van der Waals surface area contributed by atoms with E-state index in [0.29, 0.717) is 32.5 Å². The minimum atomic E-state index is -2.69. The number of alkyl halides is 2. The minimum absolute atomic E-state index is 0.0389. The van der Waals surface area contributed by atoms with E-state index in [9.17, 15) is 13.6 Å². The third-order valence-corrected chi connectivity index (χ3v) is 6.03. The van der Waals surface area contributed by atoms with Crippen LogP contribution in [0.4, 0.5) is 14.5 Å². The summed E-state index contributed by atoms with van der Waals surface area (Å²) in [7, 11) is 0. The molecule has 2 aliphatic rings. The van der Waals surface area contributed by atoms with E-state index in [-0.39, 0.29) is 19.0 Å². The molecule has 0 saturated carbocycles. The highest BCUT2D eigenvalue weighted by molar-refractivity contribution is 5.78. The Morgan fingerprint density at radius 1 is 1.14 bits per heavy atom. The van der Waals surface area contributed by atoms with Crippen molar-refractivity contribution in [3.05, 3.63) is 36.4 Å². The molecule has 2 heterocycles. The molecule has 2 fully saturated rings. The molecule has 0 spiro atoms. The normalized spacial score (nSPS) is 22.9. The van der Waals surface area contributed by atoms with Crippen LogP contribution in [0.2, 0.25) is 0 Å². The molecule has 154 valence electrons. The van der Waals surface area contributed by atoms with Gasteiger partial charge in [0.15, 0.2) is 0 Å². The average Bonchev–Trinajstić information content (AvgIpc) is 2.67. The maximum Gasteiger partial charge on any atom is 0.263 e. The van der Waals surface area contributed by atoms with Gasteiger partial charge in [-0.1, -0.05) is 31.2 Å². The molecule has 0 N–H and O–H groups in total. The fraction of sp³-hybridized carbons (Fsp3) is 0.591. The molecule has 4 nitrogen and oxygen atoms in total. The number of likely N-dealkylation sites (tertiary alicyclic amines) is 1. The van der Waals surface area contributed by atoms with Crippen LogP contribution in [0.15, 0.2) is 30.8 Å². The average molecular weight is 392 g/mol. The molecule has 2 saturated heterocycles. The van der Waals surface area contributed by atoms with Crippen molar-refractivity contribution in [1.82, 2.24) is 9.80 Å². The first kappa shape index (κ1) is 20.8. The maximum atomic E-state index is 14.2. The second-order valence-electron chi connectivity index (χ2n) is 8.06. The zero-order valence-corrected chi connectivity index (χ0v) is 17.0. The number of piperidine rings is 1. The molecule has 1 atom stereocenters. The van der Waals surface area contributed by atoms with E-state index in [2.05, 4.69) is 35.7 Å². The molecule has 28 heavy (non-hydrogen) atoms. The van der Waals surface area contributed by atoms with Gasteiger partial charge in [-0.05, 0) is 44.0 Å². The second kappa shape index (κ2) is 8.60. The van der Waals surface area contributed by atoms with Crippen LogP contribution < -0.4 is 4.90 Å². The number of piperazine rings is 1. The monoisotopic (exact) mass is 391 g/mol. The van der Waals surface area contributed by atoms with Crippen molar-refractivity contribution in [2.24, 2.45) is 5.92 Å². The lowest BCUT2D eigenvalue weighted by molar-refractivity contribution is -0.140. The number of carbonyl (C=O) groups excluding carboxylic acids is 1. The fourth-order valence-electron chi connectivity index (χ4n) is 4.16. The Morgan fingerprint density at radius 2 is 1.79 bits per heavy atom. The van der Waals surface area contributed by atoms with Crippen molar-refractivity contribution in [3.8, 4) is 0 Å². The Bertz CT molecular complexity index is 696. The number of rotatable bonds is 5. The van der Waals surface area contributed by atoms with Gasteiger partial charge in [-0.2, -0.15) is 0 Å². The van der Waals surface area contributed by atoms with Crippen molar-refractivity contribution in [3.63, 3.8) is 0 Å². The number of carbonyl (C=O) groups is 1. The smallest absolute Gasteiger partial charge is 0.263 e. The molecule has 6 heteroatoms. The first-order chi connectivity index (χ1) is 13.3. The lowest BCUT2D eigenvalue weighted by atomic mass is 9.90. The van der Waals surface area contributed by atoms with Crippen LogP contribution in [0.1, 0.15) is 32.3 Å². The molecule has 2 aliphatic heterocycles. The second-order valence-corrected chi connectivity index (χ2v) is 8.06. The molecule has 0 aromatic heterocycles. The van der Waals surface area contributed by atoms with E-state index in [4.69, 9.17) is 0 Å². The first-order valence-corrected chi connectivity index (χ1v) is 10.2. The Kier molecular flexibility index (Phi) is 6.38. The lowest BCUT2D eigenvalue weighted by Crippen LogP contribution is -2.54. The van der Waals surface area contributed by atoms with E-state index in [1.165, 1.54) is 0 Å². The van der Waals surface area contributed by atoms with E-state index in [1.807, 2.05) is 18.7 Å². The summed E-state index contributed by atoms with van der Waals surface area (Å²) < 4.78 is 28.3. The van der Waals surface area contributed by atoms with Gasteiger partial charge >= 0.3 is 0 Å². The van der Waals surface area contributed by atoms with Crippen LogP contribution in [-0.2, 0) is 4.79 Å². The molecule has 3 rings (SSSR count). The van der Waals surface area contributed by atoms with E-state index in [0.717, 1.165) is 29.9 Å². The Labute approximate surface area is 166 Å². The molecule has 1 aromatic rings. The van der Waals surface area contributed by atoms with Gasteiger partial charge in [0.2, 0.25) is 5.91 Å². The summed E-state index contributed by atoms with van der Waals surface area (Å²) in [6.45, 7) is 10.9. The highest BCUT2D eigenvalue weighted by atomic mass is 19.3. The van der Waals surface area contributed by atoms with Crippen LogP contribution >= 0.6 is 0 Å². The van der Waals surface area contributed by atoms with Gasteiger partial charge in [0, 0.05) is 37.8 Å². The summed E-state index contributed by atoms with van der Waals surface area (Å²) in [6.07, 6.45) is 0.953. The quantitative estimate of drug-likeness (QED) is 0.765. The molecular weight excluding hydrogens is 360 g/mol. The summed E-state index contributed by atoms with van der Waals surface area (Å²) >= 11 is 0. The highest BCUT2D eigenvalue weighted by Gasteiger charge is 2.43. The number of hydrogen-bond acceptors (Lipinski definition) is 3. The number of anilines is 1. The molecule has 1 amide bonds. The van der Waals surface area contributed by atoms with Gasteiger partial charge in [0.25, 0.3) is 5.92 Å². The van der Waals surface area contributed by atoms with E-state index < -0.39 is 11.8 Å². The van der Waals surface area contributed by atoms with Gasteiger partial charge in [-0.25, -0.2) is 8.78 Å². The highest BCUT2D eigenvalue weighted by Crippen LogP contribution is 2.34. The number of nitrogens with zero attached hydrogens (tertiary/aromatic N) is 3. The van der Waals surface area contributed by atoms with Crippen molar-refractivity contribution in [2.75, 3.05) is 50.7 Å². The van der Waals surface area contributed by atoms with Crippen LogP contribution in [0, 0.1) is 5.92 Å². The molecule has 0 bridgehead atoms. The Hall–Kier alpha value is -1.95. The SMILES string of the molecule is C=C(C)c1ccc(N2CCN(C(=O)CN3CCC(CC)C(F)(F)C3)CC2)cc1. The lowest BCUT2D eigenvalue weighted by Gasteiger charge is -2.40. The van der Waals surface area contributed by atoms with E-state index >= 15 is 0 Å². The summed E-state index contributed by atoms with van der Waals surface area (Å²) in [5, 5.41) is 0. The van der Waals surface area contributed by atoms with Crippen molar-refractivity contribution in [2.45, 2.75) is 32.6 Å². The number of benzene rings is 1. The third-order valence-electron chi connectivity index (χ3n) is 6.03. The topological polar surface area (TPSA) is 26.8 Å². The number of hydrogen-bond donors (Lipinski definition) is 0. The Balaban J connectivity index is 1.49. The molecule has 1 aromatic carbocycles. The third kappa shape index (κ3) is 4.72. The number of halogens is 2. The summed E-state index contributed by atoms with van der Waals surface area (Å²) in [5.74, 6) is -3.29. The molecule has 0 aliphatic carbocycles. The summed E-state index contributed by atoms with van der Waals surface area (Å²) in [6, 6.07) is 8.30. The largest absolute Gasteiger partial charge is 0.368 e. The first-order valence-electron chi connectivity index (χ1n) is 10.2. The van der Waals surface area contributed by atoms with Gasteiger partial charge in [-0.3, -0.25) is 9.69 Å². The van der Waals surface area contributed by atoms with Gasteiger partial charge < -0.3 is 9.80 Å². The number of amides is 1. The molecular formula is C22H31F2N3O. The van der Waals surface area contributed by atoms with Crippen LogP contribution in [0.25, 0.3) is 5.57 Å². The van der Waals surface area contributed by atoms with Crippen LogP contribution in [0.3, 0.4) is 0 Å². The van der Waals surface area contributed by atoms with Crippen molar-refractivity contribution >= 4 is 17.2 Å². The molecule has 0 radical (unpaired) electrons. The fourth-order valence-corrected chi connectivity index (χ4v) is 4.16. The van der Waals surface area contributed by atoms with Gasteiger partial charge in [0.05, 0.1) is 13.1 Å². The Morgan fingerprint density at radius 3 is 2.32 bits per heavy atom. The van der Waals surface area contributed by atoms with Crippen molar-refractivity contribution in [1.29, 1.82) is 0 Å². The van der Waals surface area contributed by atoms with E-state index in [1.54, 1.807) is 4.90 Å². The predicted octanol–water partition coefficient (Wildman–Crippen LogP) is 3.74. The van der Waals surface area contributed by atoms with Crippen LogP contribution in [-0.4, -0.2) is 67.4 Å². The summed E-state index contributed by atoms with van der Waals surface area (Å²) in [5.41, 5.74) is 3.30. The zero-order valence-electron chi connectivity index (χ0n) is 17.0. The van der Waals surface area contributed by atoms with Gasteiger partial charge in [-0.15, -0.1) is 0 Å². The predicted molar refractivity (Wildman–Crippen MR) is 110 cm³/mol. The maximum absolute atomic E-state index is 14.2. The van der Waals surface area contributed by atoms with Crippen molar-refractivity contribution < 1.29 is 13.6 Å². The van der Waals surface area contributed by atoms with Gasteiger partial charge in [0.1, 0.15) is 0 Å². The van der Waals surface area contributed by atoms with Crippen LogP contribution in [0.5, 0.6) is 0 Å². The number of allylic oxidation sites excluding steroid dienone is 1. The summed E-state index contributed by atoms with van der Waals surface area (Å²) in [4.78, 5) is 18.3.